The molecule has 0 amide bonds. The summed E-state index contributed by atoms with van der Waals surface area (Å²) < 4.78 is 18.5. The van der Waals surface area contributed by atoms with Crippen LogP contribution in [0.15, 0.2) is 35.1 Å². The van der Waals surface area contributed by atoms with Gasteiger partial charge in [-0.15, -0.1) is 0 Å². The Labute approximate surface area is 133 Å². The molecular weight excluding hydrogens is 295 g/mol. The minimum atomic E-state index is -0.275. The molecule has 0 aliphatic carbocycles. The van der Waals surface area contributed by atoms with Gasteiger partial charge in [0, 0.05) is 18.7 Å². The van der Waals surface area contributed by atoms with E-state index in [0.29, 0.717) is 11.4 Å². The quantitative estimate of drug-likeness (QED) is 0.723. The maximum atomic E-state index is 13.2. The van der Waals surface area contributed by atoms with E-state index in [9.17, 15) is 4.39 Å². The van der Waals surface area contributed by atoms with Crippen LogP contribution in [0.3, 0.4) is 0 Å². The first-order chi connectivity index (χ1) is 11.2. The Kier molecular flexibility index (Phi) is 3.44. The molecule has 0 bridgehead atoms. The summed E-state index contributed by atoms with van der Waals surface area (Å²) in [4.78, 5) is 10.9. The lowest BCUT2D eigenvalue weighted by Gasteiger charge is -2.31. The summed E-state index contributed by atoms with van der Waals surface area (Å²) in [5, 5.41) is 4.94. The number of hydrogen-bond acceptors (Lipinski definition) is 5. The van der Waals surface area contributed by atoms with E-state index in [0.717, 1.165) is 48.6 Å². The van der Waals surface area contributed by atoms with Gasteiger partial charge in [-0.3, -0.25) is 0 Å². The Balaban J connectivity index is 1.82. The van der Waals surface area contributed by atoms with Crippen molar-refractivity contribution in [3.63, 3.8) is 0 Å². The van der Waals surface area contributed by atoms with Gasteiger partial charge in [0.25, 0.3) is 5.71 Å². The van der Waals surface area contributed by atoms with Crippen molar-refractivity contribution < 1.29 is 8.91 Å². The predicted octanol–water partition coefficient (Wildman–Crippen LogP) is 3.66. The zero-order valence-corrected chi connectivity index (χ0v) is 12.9. The summed E-state index contributed by atoms with van der Waals surface area (Å²) in [6.07, 6.45) is 3.79. The van der Waals surface area contributed by atoms with Gasteiger partial charge < -0.3 is 9.42 Å². The van der Waals surface area contributed by atoms with Crippen LogP contribution in [-0.2, 0) is 0 Å². The minimum Gasteiger partial charge on any atom is -0.356 e. The molecule has 1 fully saturated rings. The van der Waals surface area contributed by atoms with Gasteiger partial charge in [-0.25, -0.2) is 9.37 Å². The monoisotopic (exact) mass is 312 g/mol. The fraction of sp³-hybridized carbons (Fsp3) is 0.353. The smallest absolute Gasteiger partial charge is 0.263 e. The van der Waals surface area contributed by atoms with Gasteiger partial charge in [0.2, 0.25) is 0 Å². The van der Waals surface area contributed by atoms with Gasteiger partial charge in [0.15, 0.2) is 0 Å². The van der Waals surface area contributed by atoms with Gasteiger partial charge in [-0.1, -0.05) is 12.1 Å². The van der Waals surface area contributed by atoms with Crippen molar-refractivity contribution in [2.24, 2.45) is 5.92 Å². The lowest BCUT2D eigenvalue weighted by Crippen LogP contribution is -2.33. The minimum absolute atomic E-state index is 0.275. The average molecular weight is 312 g/mol. The molecule has 0 unspecified atom stereocenters. The van der Waals surface area contributed by atoms with Gasteiger partial charge >= 0.3 is 0 Å². The standard InChI is InChI=1S/C17H17FN4O/c1-11-6-8-22(9-7-11)16-14-15(12-2-4-13(18)5-3-12)21-23-17(14)20-10-19-16/h2-5,10-11H,6-9H2,1H3. The normalized spacial score (nSPS) is 16.2. The zero-order valence-electron chi connectivity index (χ0n) is 12.9. The third kappa shape index (κ3) is 2.54. The van der Waals surface area contributed by atoms with Crippen molar-refractivity contribution in [1.82, 2.24) is 15.1 Å². The molecule has 0 radical (unpaired) electrons. The third-order valence-electron chi connectivity index (χ3n) is 4.45. The van der Waals surface area contributed by atoms with Crippen molar-refractivity contribution in [2.75, 3.05) is 18.0 Å². The van der Waals surface area contributed by atoms with Crippen LogP contribution >= 0.6 is 0 Å². The topological polar surface area (TPSA) is 55.1 Å². The largest absolute Gasteiger partial charge is 0.356 e. The molecule has 2 aromatic heterocycles. The second-order valence-corrected chi connectivity index (χ2v) is 6.09. The average Bonchev–Trinajstić information content (AvgIpc) is 3.00. The summed E-state index contributed by atoms with van der Waals surface area (Å²) in [6, 6.07) is 6.23. The third-order valence-corrected chi connectivity index (χ3v) is 4.45. The van der Waals surface area contributed by atoms with E-state index in [2.05, 4.69) is 26.9 Å². The predicted molar refractivity (Wildman–Crippen MR) is 85.6 cm³/mol. The highest BCUT2D eigenvalue weighted by Crippen LogP contribution is 2.34. The number of piperidine rings is 1. The molecule has 118 valence electrons. The summed E-state index contributed by atoms with van der Waals surface area (Å²) in [6.45, 7) is 4.19. The number of nitrogens with zero attached hydrogens (tertiary/aromatic N) is 4. The lowest BCUT2D eigenvalue weighted by atomic mass is 9.99. The maximum absolute atomic E-state index is 13.2. The van der Waals surface area contributed by atoms with Gasteiger partial charge in [-0.05, 0) is 43.0 Å². The van der Waals surface area contributed by atoms with E-state index < -0.39 is 0 Å². The number of benzene rings is 1. The van der Waals surface area contributed by atoms with E-state index in [1.807, 2.05) is 0 Å². The highest BCUT2D eigenvalue weighted by Gasteiger charge is 2.23. The molecule has 1 aromatic carbocycles. The zero-order chi connectivity index (χ0) is 15.8. The van der Waals surface area contributed by atoms with Crippen molar-refractivity contribution in [3.05, 3.63) is 36.4 Å². The molecule has 0 spiro atoms. The van der Waals surface area contributed by atoms with Gasteiger partial charge in [-0.2, -0.15) is 4.98 Å². The molecule has 1 aliphatic rings. The molecule has 1 saturated heterocycles. The van der Waals surface area contributed by atoms with Crippen LogP contribution < -0.4 is 4.90 Å². The van der Waals surface area contributed by atoms with Crippen LogP contribution in [0, 0.1) is 11.7 Å². The molecule has 4 rings (SSSR count). The Morgan fingerprint density at radius 1 is 1.13 bits per heavy atom. The van der Waals surface area contributed by atoms with Crippen molar-refractivity contribution in [2.45, 2.75) is 19.8 Å². The number of hydrogen-bond donors (Lipinski definition) is 0. The maximum Gasteiger partial charge on any atom is 0.263 e. The Hall–Kier alpha value is -2.50. The van der Waals surface area contributed by atoms with Crippen molar-refractivity contribution >= 4 is 16.9 Å². The molecule has 5 nitrogen and oxygen atoms in total. The van der Waals surface area contributed by atoms with Crippen molar-refractivity contribution in [3.8, 4) is 11.3 Å². The highest BCUT2D eigenvalue weighted by atomic mass is 19.1. The Morgan fingerprint density at radius 3 is 2.61 bits per heavy atom. The molecule has 0 atom stereocenters. The van der Waals surface area contributed by atoms with Crippen LogP contribution in [0.1, 0.15) is 19.8 Å². The molecule has 23 heavy (non-hydrogen) atoms. The molecule has 1 aliphatic heterocycles. The van der Waals surface area contributed by atoms with Crippen LogP contribution in [-0.4, -0.2) is 28.2 Å². The molecular formula is C17H17FN4O. The fourth-order valence-electron chi connectivity index (χ4n) is 3.04. The van der Waals surface area contributed by atoms with E-state index in [-0.39, 0.29) is 5.82 Å². The molecule has 3 heterocycles. The van der Waals surface area contributed by atoms with E-state index >= 15 is 0 Å². The number of anilines is 1. The summed E-state index contributed by atoms with van der Waals surface area (Å²) >= 11 is 0. The SMILES string of the molecule is CC1CCN(c2ncnc3onc(-c4ccc(F)cc4)c23)CC1. The van der Waals surface area contributed by atoms with Gasteiger partial charge in [0.05, 0.1) is 0 Å². The number of aromatic nitrogens is 3. The Bertz CT molecular complexity index is 822. The van der Waals surface area contributed by atoms with E-state index in [4.69, 9.17) is 4.52 Å². The first kappa shape index (κ1) is 14.1. The first-order valence-corrected chi connectivity index (χ1v) is 7.83. The van der Waals surface area contributed by atoms with Crippen LogP contribution in [0.25, 0.3) is 22.4 Å². The lowest BCUT2D eigenvalue weighted by molar-refractivity contribution is 0.436. The first-order valence-electron chi connectivity index (χ1n) is 7.83. The van der Waals surface area contributed by atoms with Crippen LogP contribution in [0.2, 0.25) is 0 Å². The van der Waals surface area contributed by atoms with E-state index in [1.165, 1.54) is 18.5 Å². The molecule has 6 heteroatoms. The second kappa shape index (κ2) is 5.61. The summed E-state index contributed by atoms with van der Waals surface area (Å²) in [7, 11) is 0. The number of halogens is 1. The molecule has 3 aromatic rings. The number of rotatable bonds is 2. The van der Waals surface area contributed by atoms with Crippen LogP contribution in [0.5, 0.6) is 0 Å². The highest BCUT2D eigenvalue weighted by molar-refractivity contribution is 5.97. The van der Waals surface area contributed by atoms with E-state index in [1.54, 1.807) is 12.1 Å². The summed E-state index contributed by atoms with van der Waals surface area (Å²) in [5.74, 6) is 1.31. The molecule has 0 saturated carbocycles. The van der Waals surface area contributed by atoms with Crippen molar-refractivity contribution in [1.29, 1.82) is 0 Å². The number of fused-ring (bicyclic) bond motifs is 1. The second-order valence-electron chi connectivity index (χ2n) is 6.09. The molecule has 0 N–H and O–H groups in total. The van der Waals surface area contributed by atoms with Crippen LogP contribution in [0.4, 0.5) is 10.2 Å². The Morgan fingerprint density at radius 2 is 1.87 bits per heavy atom. The fourth-order valence-corrected chi connectivity index (χ4v) is 3.04. The summed E-state index contributed by atoms with van der Waals surface area (Å²) in [5.41, 5.74) is 1.92. The van der Waals surface area contributed by atoms with Gasteiger partial charge in [0.1, 0.15) is 29.0 Å².